The molecule has 5 rings (SSSR count). The van der Waals surface area contributed by atoms with E-state index in [9.17, 15) is 14.9 Å². The number of nitro benzene ring substituents is 1. The van der Waals surface area contributed by atoms with Crippen LogP contribution in [0.25, 0.3) is 0 Å². The summed E-state index contributed by atoms with van der Waals surface area (Å²) in [5, 5.41) is 11.0. The van der Waals surface area contributed by atoms with Gasteiger partial charge in [-0.15, -0.1) is 0 Å². The number of anilines is 1. The molecule has 2 aromatic carbocycles. The Morgan fingerprint density at radius 3 is 2.42 bits per heavy atom. The molecule has 0 N–H and O–H groups in total. The van der Waals surface area contributed by atoms with E-state index < -0.39 is 5.60 Å². The first-order valence-electron chi connectivity index (χ1n) is 11.0. The molecule has 0 unspecified atom stereocenters. The SMILES string of the molecule is O=C1N(c2ccccc2)CC2(CCN(CCc3cccc([N+](=O)[O-])c3)CC2)OC12CC2. The van der Waals surface area contributed by atoms with Crippen LogP contribution in [0.15, 0.2) is 54.6 Å². The quantitative estimate of drug-likeness (QED) is 0.545. The number of hydrogen-bond donors (Lipinski definition) is 0. The van der Waals surface area contributed by atoms with Crippen LogP contribution in [0.1, 0.15) is 31.2 Å². The number of non-ortho nitro benzene ring substituents is 1. The summed E-state index contributed by atoms with van der Waals surface area (Å²) >= 11 is 0. The molecule has 1 saturated carbocycles. The lowest BCUT2D eigenvalue weighted by Crippen LogP contribution is -2.63. The molecule has 3 aliphatic rings. The van der Waals surface area contributed by atoms with Crippen LogP contribution in [0.4, 0.5) is 11.4 Å². The number of amides is 1. The van der Waals surface area contributed by atoms with Crippen molar-refractivity contribution in [2.45, 2.75) is 43.3 Å². The minimum atomic E-state index is -0.612. The van der Waals surface area contributed by atoms with Crippen LogP contribution in [0, 0.1) is 10.1 Å². The molecule has 2 aliphatic heterocycles. The summed E-state index contributed by atoms with van der Waals surface area (Å²) in [4.78, 5) is 28.1. The Kier molecular flexibility index (Phi) is 5.02. The number of carbonyl (C=O) groups is 1. The first kappa shape index (κ1) is 20.2. The molecule has 7 nitrogen and oxygen atoms in total. The van der Waals surface area contributed by atoms with Gasteiger partial charge in [-0.1, -0.05) is 30.3 Å². The highest BCUT2D eigenvalue weighted by Crippen LogP contribution is 2.50. The third-order valence-electron chi connectivity index (χ3n) is 6.87. The summed E-state index contributed by atoms with van der Waals surface area (Å²) in [5.74, 6) is 0.109. The van der Waals surface area contributed by atoms with Crippen molar-refractivity contribution in [2.24, 2.45) is 0 Å². The van der Waals surface area contributed by atoms with Crippen LogP contribution in [-0.4, -0.2) is 53.1 Å². The molecule has 2 spiro atoms. The number of para-hydroxylation sites is 1. The minimum absolute atomic E-state index is 0.109. The van der Waals surface area contributed by atoms with Crippen LogP contribution in [0.3, 0.4) is 0 Å². The Hall–Kier alpha value is -2.77. The molecule has 1 amide bonds. The topological polar surface area (TPSA) is 75.9 Å². The smallest absolute Gasteiger partial charge is 0.269 e. The lowest BCUT2D eigenvalue weighted by atomic mass is 9.87. The standard InChI is InChI=1S/C24H27N3O4/c28-22-24(10-11-24)31-23(18-26(22)20-6-2-1-3-7-20)12-15-25(16-13-23)14-9-19-5-4-8-21(17-19)27(29)30/h1-8,17H,9-16,18H2. The highest BCUT2D eigenvalue weighted by atomic mass is 16.6. The zero-order chi connectivity index (χ0) is 21.5. The van der Waals surface area contributed by atoms with E-state index in [2.05, 4.69) is 4.90 Å². The van der Waals surface area contributed by atoms with Gasteiger partial charge >= 0.3 is 0 Å². The lowest BCUT2D eigenvalue weighted by Gasteiger charge is -2.50. The molecule has 3 fully saturated rings. The first-order chi connectivity index (χ1) is 15.0. The maximum absolute atomic E-state index is 13.1. The van der Waals surface area contributed by atoms with Crippen LogP contribution >= 0.6 is 0 Å². The van der Waals surface area contributed by atoms with Crippen LogP contribution in [0.5, 0.6) is 0 Å². The number of nitrogens with zero attached hydrogens (tertiary/aromatic N) is 3. The number of likely N-dealkylation sites (tertiary alicyclic amines) is 1. The van der Waals surface area contributed by atoms with Crippen molar-refractivity contribution in [2.75, 3.05) is 31.1 Å². The molecule has 2 heterocycles. The highest BCUT2D eigenvalue weighted by molar-refractivity contribution is 6.02. The van der Waals surface area contributed by atoms with Crippen LogP contribution in [0.2, 0.25) is 0 Å². The molecule has 1 aliphatic carbocycles. The van der Waals surface area contributed by atoms with Crippen LogP contribution in [-0.2, 0) is 16.0 Å². The van der Waals surface area contributed by atoms with Gasteiger partial charge in [0.05, 0.1) is 17.1 Å². The fourth-order valence-electron chi connectivity index (χ4n) is 4.90. The maximum Gasteiger partial charge on any atom is 0.269 e. The fraction of sp³-hybridized carbons (Fsp3) is 0.458. The molecule has 0 aromatic heterocycles. The Morgan fingerprint density at radius 2 is 1.74 bits per heavy atom. The first-order valence-corrected chi connectivity index (χ1v) is 11.0. The van der Waals surface area contributed by atoms with Gasteiger partial charge in [0, 0.05) is 37.5 Å². The minimum Gasteiger partial charge on any atom is -0.357 e. The number of benzene rings is 2. The second-order valence-electron chi connectivity index (χ2n) is 9.02. The molecule has 0 bridgehead atoms. The fourth-order valence-corrected chi connectivity index (χ4v) is 4.90. The van der Waals surface area contributed by atoms with Gasteiger partial charge in [-0.05, 0) is 49.8 Å². The van der Waals surface area contributed by atoms with E-state index in [1.807, 2.05) is 41.3 Å². The second kappa shape index (κ2) is 7.73. The van der Waals surface area contributed by atoms with Crippen molar-refractivity contribution in [3.63, 3.8) is 0 Å². The van der Waals surface area contributed by atoms with Crippen molar-refractivity contribution in [3.8, 4) is 0 Å². The van der Waals surface area contributed by atoms with Gasteiger partial charge in [0.1, 0.15) is 5.60 Å². The van der Waals surface area contributed by atoms with Crippen LogP contribution < -0.4 is 4.90 Å². The van der Waals surface area contributed by atoms with E-state index in [4.69, 9.17) is 4.74 Å². The molecule has 7 heteroatoms. The van der Waals surface area contributed by atoms with Gasteiger partial charge in [0.25, 0.3) is 11.6 Å². The third kappa shape index (κ3) is 3.95. The summed E-state index contributed by atoms with van der Waals surface area (Å²) in [6, 6.07) is 16.8. The van der Waals surface area contributed by atoms with Gasteiger partial charge < -0.3 is 14.5 Å². The van der Waals surface area contributed by atoms with E-state index in [0.29, 0.717) is 6.54 Å². The van der Waals surface area contributed by atoms with Gasteiger partial charge in [0.15, 0.2) is 0 Å². The average molecular weight is 421 g/mol. The molecular weight excluding hydrogens is 394 g/mol. The van der Waals surface area contributed by atoms with Crippen molar-refractivity contribution in [1.82, 2.24) is 4.90 Å². The molecule has 2 saturated heterocycles. The summed E-state index contributed by atoms with van der Waals surface area (Å²) in [6.45, 7) is 3.28. The van der Waals surface area contributed by atoms with Gasteiger partial charge in [-0.2, -0.15) is 0 Å². The number of hydrogen-bond acceptors (Lipinski definition) is 5. The highest BCUT2D eigenvalue weighted by Gasteiger charge is 2.62. The number of piperidine rings is 1. The summed E-state index contributed by atoms with van der Waals surface area (Å²) in [6.07, 6.45) is 4.19. The van der Waals surface area contributed by atoms with Crippen molar-refractivity contribution in [3.05, 3.63) is 70.3 Å². The van der Waals surface area contributed by atoms with E-state index in [1.165, 1.54) is 6.07 Å². The summed E-state index contributed by atoms with van der Waals surface area (Å²) < 4.78 is 6.54. The number of ether oxygens (including phenoxy) is 1. The Labute approximate surface area is 181 Å². The average Bonchev–Trinajstić information content (AvgIpc) is 3.57. The molecule has 0 radical (unpaired) electrons. The summed E-state index contributed by atoms with van der Waals surface area (Å²) in [5.41, 5.74) is 1.18. The predicted octanol–water partition coefficient (Wildman–Crippen LogP) is 3.57. The molecule has 162 valence electrons. The van der Waals surface area contributed by atoms with Crippen molar-refractivity contribution >= 4 is 17.3 Å². The van der Waals surface area contributed by atoms with E-state index in [-0.39, 0.29) is 22.1 Å². The number of rotatable bonds is 5. The zero-order valence-corrected chi connectivity index (χ0v) is 17.5. The van der Waals surface area contributed by atoms with Gasteiger partial charge in [-0.25, -0.2) is 0 Å². The Balaban J connectivity index is 1.23. The third-order valence-corrected chi connectivity index (χ3v) is 6.87. The van der Waals surface area contributed by atoms with E-state index in [0.717, 1.165) is 63.0 Å². The number of nitro groups is 1. The largest absolute Gasteiger partial charge is 0.357 e. The lowest BCUT2D eigenvalue weighted by molar-refractivity contribution is -0.384. The summed E-state index contributed by atoms with van der Waals surface area (Å²) in [7, 11) is 0. The van der Waals surface area contributed by atoms with Crippen molar-refractivity contribution in [1.29, 1.82) is 0 Å². The van der Waals surface area contributed by atoms with Gasteiger partial charge in [0.2, 0.25) is 0 Å². The number of morpholine rings is 1. The molecule has 0 atom stereocenters. The second-order valence-corrected chi connectivity index (χ2v) is 9.02. The normalized spacial score (nSPS) is 22.1. The monoisotopic (exact) mass is 421 g/mol. The predicted molar refractivity (Wildman–Crippen MR) is 117 cm³/mol. The molecule has 31 heavy (non-hydrogen) atoms. The molecular formula is C24H27N3O4. The van der Waals surface area contributed by atoms with E-state index >= 15 is 0 Å². The number of carbonyl (C=O) groups excluding carboxylic acids is 1. The molecule has 2 aromatic rings. The van der Waals surface area contributed by atoms with E-state index in [1.54, 1.807) is 12.1 Å². The Bertz CT molecular complexity index is 981. The van der Waals surface area contributed by atoms with Crippen molar-refractivity contribution < 1.29 is 14.5 Å². The van der Waals surface area contributed by atoms with Gasteiger partial charge in [-0.3, -0.25) is 14.9 Å². The zero-order valence-electron chi connectivity index (χ0n) is 17.5. The maximum atomic E-state index is 13.1. The Morgan fingerprint density at radius 1 is 1.00 bits per heavy atom.